The predicted molar refractivity (Wildman–Crippen MR) is 55.4 cm³/mol. The van der Waals surface area contributed by atoms with E-state index in [0.29, 0.717) is 12.5 Å². The summed E-state index contributed by atoms with van der Waals surface area (Å²) in [6, 6.07) is 3.71. The average molecular weight is 211 g/mol. The Morgan fingerprint density at radius 2 is 1.73 bits per heavy atom. The van der Waals surface area contributed by atoms with Crippen LogP contribution in [0.4, 0.5) is 8.78 Å². The molecule has 0 radical (unpaired) electrons. The molecule has 0 unspecified atom stereocenters. The molecule has 0 saturated heterocycles. The summed E-state index contributed by atoms with van der Waals surface area (Å²) in [6.45, 7) is 4.73. The normalized spacial score (nSPS) is 27.8. The molecule has 0 amide bonds. The van der Waals surface area contributed by atoms with Crippen LogP contribution in [0.15, 0.2) is 18.2 Å². The van der Waals surface area contributed by atoms with Crippen molar-refractivity contribution in [2.75, 3.05) is 6.54 Å². The van der Waals surface area contributed by atoms with Gasteiger partial charge in [-0.3, -0.25) is 0 Å². The Balaban J connectivity index is 2.32. The molecule has 2 atom stereocenters. The highest BCUT2D eigenvalue weighted by atomic mass is 19.1. The lowest BCUT2D eigenvalue weighted by molar-refractivity contribution is 0.555. The Morgan fingerprint density at radius 1 is 1.20 bits per heavy atom. The molecule has 15 heavy (non-hydrogen) atoms. The average Bonchev–Trinajstić information content (AvgIpc) is 2.66. The van der Waals surface area contributed by atoms with Gasteiger partial charge in [-0.25, -0.2) is 8.78 Å². The Kier molecular flexibility index (Phi) is 2.30. The van der Waals surface area contributed by atoms with E-state index in [-0.39, 0.29) is 11.3 Å². The van der Waals surface area contributed by atoms with Crippen LogP contribution in [-0.4, -0.2) is 6.54 Å². The van der Waals surface area contributed by atoms with E-state index < -0.39 is 11.6 Å². The van der Waals surface area contributed by atoms with Gasteiger partial charge in [0, 0.05) is 6.07 Å². The van der Waals surface area contributed by atoms with Crippen molar-refractivity contribution in [3.63, 3.8) is 0 Å². The molecule has 1 aromatic rings. The predicted octanol–water partition coefficient (Wildman–Crippen LogP) is 2.66. The fourth-order valence-electron chi connectivity index (χ4n) is 2.60. The minimum absolute atomic E-state index is 0.0645. The van der Waals surface area contributed by atoms with Crippen LogP contribution in [0, 0.1) is 23.0 Å². The molecule has 0 spiro atoms. The van der Waals surface area contributed by atoms with Gasteiger partial charge in [0.05, 0.1) is 0 Å². The number of nitrogens with two attached hydrogens (primary N) is 1. The SMILES string of the molecule is CC1(C)[C@H](CN)[C@H]1c1cc(F)cc(F)c1. The summed E-state index contributed by atoms with van der Waals surface area (Å²) in [4.78, 5) is 0. The van der Waals surface area contributed by atoms with E-state index in [1.165, 1.54) is 12.1 Å². The van der Waals surface area contributed by atoms with Crippen molar-refractivity contribution in [1.82, 2.24) is 0 Å². The first kappa shape index (κ1) is 10.6. The summed E-state index contributed by atoms with van der Waals surface area (Å²) < 4.78 is 26.1. The number of rotatable bonds is 2. The molecular weight excluding hydrogens is 196 g/mol. The Bertz CT molecular complexity index is 367. The van der Waals surface area contributed by atoms with E-state index in [4.69, 9.17) is 5.73 Å². The zero-order chi connectivity index (χ0) is 11.2. The lowest BCUT2D eigenvalue weighted by Gasteiger charge is -2.03. The van der Waals surface area contributed by atoms with Crippen LogP contribution >= 0.6 is 0 Å². The first-order chi connectivity index (χ1) is 6.96. The lowest BCUT2D eigenvalue weighted by atomic mass is 10.0. The van der Waals surface area contributed by atoms with Crippen molar-refractivity contribution in [1.29, 1.82) is 0 Å². The highest BCUT2D eigenvalue weighted by molar-refractivity contribution is 5.32. The van der Waals surface area contributed by atoms with Crippen molar-refractivity contribution < 1.29 is 8.78 Å². The maximum absolute atomic E-state index is 13.0. The van der Waals surface area contributed by atoms with Gasteiger partial charge >= 0.3 is 0 Å². The number of hydrogen-bond acceptors (Lipinski definition) is 1. The van der Waals surface area contributed by atoms with Crippen molar-refractivity contribution in [3.05, 3.63) is 35.4 Å². The fraction of sp³-hybridized carbons (Fsp3) is 0.500. The Hall–Kier alpha value is -0.960. The summed E-state index contributed by atoms with van der Waals surface area (Å²) in [6.07, 6.45) is 0. The van der Waals surface area contributed by atoms with Crippen LogP contribution in [0.2, 0.25) is 0 Å². The molecule has 1 aliphatic rings. The maximum atomic E-state index is 13.0. The van der Waals surface area contributed by atoms with Crippen LogP contribution in [0.3, 0.4) is 0 Å². The van der Waals surface area contributed by atoms with E-state index in [9.17, 15) is 8.78 Å². The summed E-state index contributed by atoms with van der Waals surface area (Å²) in [5.41, 5.74) is 6.42. The summed E-state index contributed by atoms with van der Waals surface area (Å²) >= 11 is 0. The molecule has 0 aliphatic heterocycles. The minimum atomic E-state index is -0.511. The van der Waals surface area contributed by atoms with Crippen molar-refractivity contribution in [2.45, 2.75) is 19.8 Å². The maximum Gasteiger partial charge on any atom is 0.126 e. The zero-order valence-corrected chi connectivity index (χ0v) is 8.93. The molecule has 1 nitrogen and oxygen atoms in total. The monoisotopic (exact) mass is 211 g/mol. The highest BCUT2D eigenvalue weighted by Crippen LogP contribution is 2.63. The first-order valence-corrected chi connectivity index (χ1v) is 5.13. The van der Waals surface area contributed by atoms with Gasteiger partial charge in [-0.15, -0.1) is 0 Å². The van der Waals surface area contributed by atoms with E-state index in [2.05, 4.69) is 13.8 Å². The van der Waals surface area contributed by atoms with E-state index in [0.717, 1.165) is 11.6 Å². The largest absolute Gasteiger partial charge is 0.330 e. The van der Waals surface area contributed by atoms with E-state index in [1.54, 1.807) is 0 Å². The minimum Gasteiger partial charge on any atom is -0.330 e. The van der Waals surface area contributed by atoms with Crippen LogP contribution in [0.5, 0.6) is 0 Å². The third kappa shape index (κ3) is 1.65. The molecular formula is C12H15F2N. The summed E-state index contributed by atoms with van der Waals surface area (Å²) in [7, 11) is 0. The topological polar surface area (TPSA) is 26.0 Å². The van der Waals surface area contributed by atoms with Gasteiger partial charge in [0.2, 0.25) is 0 Å². The smallest absolute Gasteiger partial charge is 0.126 e. The van der Waals surface area contributed by atoms with Crippen molar-refractivity contribution >= 4 is 0 Å². The number of hydrogen-bond donors (Lipinski definition) is 1. The Labute approximate surface area is 88.3 Å². The van der Waals surface area contributed by atoms with Gasteiger partial charge in [-0.1, -0.05) is 13.8 Å². The standard InChI is InChI=1S/C12H15F2N/c1-12(2)10(6-15)11(12)7-3-8(13)5-9(14)4-7/h3-5,10-11H,6,15H2,1-2H3/t10-,11-/m1/s1. The van der Waals surface area contributed by atoms with E-state index >= 15 is 0 Å². The third-order valence-electron chi connectivity index (χ3n) is 3.55. The molecule has 1 saturated carbocycles. The fourth-order valence-corrected chi connectivity index (χ4v) is 2.60. The van der Waals surface area contributed by atoms with Gasteiger partial charge in [0.1, 0.15) is 11.6 Å². The quantitative estimate of drug-likeness (QED) is 0.799. The van der Waals surface area contributed by atoms with Crippen LogP contribution < -0.4 is 5.73 Å². The molecule has 0 bridgehead atoms. The molecule has 82 valence electrons. The zero-order valence-electron chi connectivity index (χ0n) is 8.93. The van der Waals surface area contributed by atoms with Gasteiger partial charge in [0.25, 0.3) is 0 Å². The third-order valence-corrected chi connectivity index (χ3v) is 3.55. The van der Waals surface area contributed by atoms with Crippen LogP contribution in [0.1, 0.15) is 25.3 Å². The molecule has 0 heterocycles. The second-order valence-corrected chi connectivity index (χ2v) is 4.84. The molecule has 3 heteroatoms. The van der Waals surface area contributed by atoms with Crippen molar-refractivity contribution in [2.24, 2.45) is 17.1 Å². The number of halogens is 2. The van der Waals surface area contributed by atoms with Crippen LogP contribution in [-0.2, 0) is 0 Å². The highest BCUT2D eigenvalue weighted by Gasteiger charge is 2.57. The van der Waals surface area contributed by atoms with Gasteiger partial charge < -0.3 is 5.73 Å². The molecule has 2 rings (SSSR count). The molecule has 2 N–H and O–H groups in total. The molecule has 1 aliphatic carbocycles. The second kappa shape index (κ2) is 3.27. The second-order valence-electron chi connectivity index (χ2n) is 4.84. The summed E-state index contributed by atoms with van der Waals surface area (Å²) in [5, 5.41) is 0. The molecule has 1 aromatic carbocycles. The van der Waals surface area contributed by atoms with Crippen LogP contribution in [0.25, 0.3) is 0 Å². The first-order valence-electron chi connectivity index (χ1n) is 5.13. The summed E-state index contributed by atoms with van der Waals surface area (Å²) in [5.74, 6) is -0.502. The lowest BCUT2D eigenvalue weighted by Crippen LogP contribution is -2.05. The van der Waals surface area contributed by atoms with Gasteiger partial charge in [-0.05, 0) is 41.5 Å². The Morgan fingerprint density at radius 3 is 2.13 bits per heavy atom. The van der Waals surface area contributed by atoms with Crippen molar-refractivity contribution in [3.8, 4) is 0 Å². The van der Waals surface area contributed by atoms with Gasteiger partial charge in [-0.2, -0.15) is 0 Å². The molecule has 1 fully saturated rings. The molecule has 0 aromatic heterocycles. The van der Waals surface area contributed by atoms with E-state index in [1.807, 2.05) is 0 Å². The van der Waals surface area contributed by atoms with Gasteiger partial charge in [0.15, 0.2) is 0 Å². The number of benzene rings is 1.